The molecule has 162 valence electrons. The summed E-state index contributed by atoms with van der Waals surface area (Å²) in [4.78, 5) is 0. The lowest BCUT2D eigenvalue weighted by atomic mass is 10.1. The summed E-state index contributed by atoms with van der Waals surface area (Å²) >= 11 is 0. The lowest BCUT2D eigenvalue weighted by Crippen LogP contribution is -2.20. The normalized spacial score (nSPS) is 15.8. The molecule has 1 saturated heterocycles. The van der Waals surface area contributed by atoms with Gasteiger partial charge in [-0.1, -0.05) is 18.2 Å². The first-order valence-electron chi connectivity index (χ1n) is 9.33. The largest absolute Gasteiger partial charge is 0.388 e. The van der Waals surface area contributed by atoms with Crippen LogP contribution in [0.1, 0.15) is 12.8 Å². The highest BCUT2D eigenvalue weighted by Gasteiger charge is 2.14. The molecule has 28 heavy (non-hydrogen) atoms. The number of rotatable bonds is 14. The first-order chi connectivity index (χ1) is 13.7. The predicted molar refractivity (Wildman–Crippen MR) is 110 cm³/mol. The highest BCUT2D eigenvalue weighted by atomic mass is 16.5. The Bertz CT molecular complexity index is 391. The molecule has 1 heterocycles. The molecule has 1 aliphatic rings. The molecule has 1 rings (SSSR count). The van der Waals surface area contributed by atoms with E-state index in [1.807, 2.05) is 6.07 Å². The van der Waals surface area contributed by atoms with Gasteiger partial charge in [0.15, 0.2) is 0 Å². The summed E-state index contributed by atoms with van der Waals surface area (Å²) in [6, 6.07) is 1.97. The van der Waals surface area contributed by atoms with Crippen LogP contribution in [0.2, 0.25) is 0 Å². The van der Waals surface area contributed by atoms with Crippen LogP contribution in [-0.2, 0) is 23.7 Å². The Balaban J connectivity index is 0. The minimum absolute atomic E-state index is 0.305. The van der Waals surface area contributed by atoms with Crippen LogP contribution in [0.3, 0.4) is 0 Å². The summed E-state index contributed by atoms with van der Waals surface area (Å²) in [6.45, 7) is 15.9. The Morgan fingerprint density at radius 1 is 1.11 bits per heavy atom. The van der Waals surface area contributed by atoms with Gasteiger partial charge in [-0.3, -0.25) is 0 Å². The van der Waals surface area contributed by atoms with E-state index in [1.54, 1.807) is 18.2 Å². The third-order valence-corrected chi connectivity index (χ3v) is 3.11. The van der Waals surface area contributed by atoms with Crippen LogP contribution < -0.4 is 0 Å². The fourth-order valence-corrected chi connectivity index (χ4v) is 1.85. The molecule has 0 bridgehead atoms. The van der Waals surface area contributed by atoms with Gasteiger partial charge in [-0.05, 0) is 6.42 Å². The quantitative estimate of drug-likeness (QED) is 0.354. The van der Waals surface area contributed by atoms with Crippen LogP contribution in [0.25, 0.3) is 0 Å². The lowest BCUT2D eigenvalue weighted by Gasteiger charge is -2.07. The SMILES string of the molecule is C=CCOCC(O)COC.C=CCOCC1CCOC1.C=CCOCCC#N. The first kappa shape index (κ1) is 28.7. The van der Waals surface area contributed by atoms with E-state index in [0.717, 1.165) is 26.2 Å². The van der Waals surface area contributed by atoms with E-state index in [4.69, 9.17) is 29.3 Å². The van der Waals surface area contributed by atoms with Crippen LogP contribution in [0.5, 0.6) is 0 Å². The van der Waals surface area contributed by atoms with Crippen LogP contribution in [-0.4, -0.2) is 77.8 Å². The summed E-state index contributed by atoms with van der Waals surface area (Å²) in [5.74, 6) is 0.625. The summed E-state index contributed by atoms with van der Waals surface area (Å²) in [6.07, 6.45) is 6.17. The highest BCUT2D eigenvalue weighted by molar-refractivity contribution is 4.69. The van der Waals surface area contributed by atoms with Crippen LogP contribution in [0.4, 0.5) is 0 Å². The number of aliphatic hydroxyl groups excluding tert-OH is 1. The summed E-state index contributed by atoms with van der Waals surface area (Å²) in [7, 11) is 1.54. The fraction of sp³-hybridized carbons (Fsp3) is 0.667. The van der Waals surface area contributed by atoms with E-state index in [0.29, 0.717) is 52.0 Å². The Morgan fingerprint density at radius 2 is 1.75 bits per heavy atom. The Labute approximate surface area is 170 Å². The molecule has 0 saturated carbocycles. The number of ether oxygens (including phenoxy) is 5. The molecule has 0 aromatic rings. The topological polar surface area (TPSA) is 90.2 Å². The second-order valence-electron chi connectivity index (χ2n) is 5.76. The van der Waals surface area contributed by atoms with Gasteiger partial charge >= 0.3 is 0 Å². The molecule has 0 aromatic heterocycles. The summed E-state index contributed by atoms with van der Waals surface area (Å²) < 4.78 is 25.0. The van der Waals surface area contributed by atoms with Gasteiger partial charge in [0.1, 0.15) is 6.10 Å². The number of nitriles is 1. The number of hydrogen-bond acceptors (Lipinski definition) is 7. The van der Waals surface area contributed by atoms with Gasteiger partial charge in [-0.15, -0.1) is 19.7 Å². The van der Waals surface area contributed by atoms with Gasteiger partial charge in [0, 0.05) is 19.6 Å². The zero-order valence-electron chi connectivity index (χ0n) is 17.2. The average Bonchev–Trinajstić information content (AvgIpc) is 3.21. The van der Waals surface area contributed by atoms with Crippen molar-refractivity contribution < 1.29 is 28.8 Å². The molecular formula is C21H37NO6. The predicted octanol–water partition coefficient (Wildman–Crippen LogP) is 2.52. The fourth-order valence-electron chi connectivity index (χ4n) is 1.85. The minimum Gasteiger partial charge on any atom is -0.388 e. The maximum absolute atomic E-state index is 8.99. The molecule has 1 aliphatic heterocycles. The van der Waals surface area contributed by atoms with Crippen molar-refractivity contribution in [3.05, 3.63) is 38.0 Å². The molecule has 0 aromatic carbocycles. The maximum atomic E-state index is 8.99. The summed E-state index contributed by atoms with van der Waals surface area (Å²) in [5.41, 5.74) is 0. The lowest BCUT2D eigenvalue weighted by molar-refractivity contribution is 0.00121. The third-order valence-electron chi connectivity index (χ3n) is 3.11. The van der Waals surface area contributed by atoms with Gasteiger partial charge in [-0.2, -0.15) is 5.26 Å². The molecule has 0 spiro atoms. The number of methoxy groups -OCH3 is 1. The molecule has 2 unspecified atom stereocenters. The highest BCUT2D eigenvalue weighted by Crippen LogP contribution is 2.11. The maximum Gasteiger partial charge on any atom is 0.101 e. The van der Waals surface area contributed by atoms with Crippen molar-refractivity contribution in [1.82, 2.24) is 0 Å². The molecule has 0 aliphatic carbocycles. The molecule has 1 fully saturated rings. The Morgan fingerprint density at radius 3 is 2.29 bits per heavy atom. The van der Waals surface area contributed by atoms with E-state index < -0.39 is 6.10 Å². The van der Waals surface area contributed by atoms with Gasteiger partial charge < -0.3 is 28.8 Å². The third kappa shape index (κ3) is 24.5. The molecule has 7 heteroatoms. The smallest absolute Gasteiger partial charge is 0.101 e. The zero-order chi connectivity index (χ0) is 21.3. The standard InChI is InChI=1S/C8H14O2.C7H14O3.C6H9NO/c1-2-4-9-6-8-3-5-10-7-8;1-3-4-10-6-7(8)5-9-2;1-2-5-8-6-3-4-7/h2,8H,1,3-7H2;3,7-8H,1,4-6H2,2H3;2H,1,3,5-6H2. The number of hydrogen-bond donors (Lipinski definition) is 1. The van der Waals surface area contributed by atoms with Gasteiger partial charge in [0.25, 0.3) is 0 Å². The summed E-state index contributed by atoms with van der Waals surface area (Å²) in [5, 5.41) is 17.0. The molecular weight excluding hydrogens is 362 g/mol. The molecule has 1 N–H and O–H groups in total. The van der Waals surface area contributed by atoms with Crippen LogP contribution >= 0.6 is 0 Å². The van der Waals surface area contributed by atoms with Crippen molar-refractivity contribution in [2.75, 3.05) is 66.6 Å². The molecule has 2 atom stereocenters. The van der Waals surface area contributed by atoms with Gasteiger partial charge in [0.2, 0.25) is 0 Å². The number of aliphatic hydroxyl groups is 1. The van der Waals surface area contributed by atoms with Gasteiger partial charge in [-0.25, -0.2) is 0 Å². The van der Waals surface area contributed by atoms with Gasteiger partial charge in [0.05, 0.1) is 65.3 Å². The van der Waals surface area contributed by atoms with Crippen molar-refractivity contribution in [2.24, 2.45) is 5.92 Å². The van der Waals surface area contributed by atoms with E-state index in [1.165, 1.54) is 7.11 Å². The van der Waals surface area contributed by atoms with Crippen LogP contribution in [0.15, 0.2) is 38.0 Å². The van der Waals surface area contributed by atoms with Crippen molar-refractivity contribution in [2.45, 2.75) is 18.9 Å². The van der Waals surface area contributed by atoms with E-state index in [2.05, 4.69) is 24.5 Å². The minimum atomic E-state index is -0.523. The molecule has 0 radical (unpaired) electrons. The zero-order valence-corrected chi connectivity index (χ0v) is 17.2. The average molecular weight is 400 g/mol. The van der Waals surface area contributed by atoms with E-state index in [-0.39, 0.29) is 0 Å². The van der Waals surface area contributed by atoms with Crippen LogP contribution in [0, 0.1) is 17.2 Å². The molecule has 0 amide bonds. The van der Waals surface area contributed by atoms with Crippen molar-refractivity contribution in [3.63, 3.8) is 0 Å². The molecule has 7 nitrogen and oxygen atoms in total. The Kier molecular flexibility index (Phi) is 26.1. The second kappa shape index (κ2) is 25.5. The van der Waals surface area contributed by atoms with Crippen molar-refractivity contribution >= 4 is 0 Å². The first-order valence-corrected chi connectivity index (χ1v) is 9.33. The van der Waals surface area contributed by atoms with E-state index in [9.17, 15) is 0 Å². The van der Waals surface area contributed by atoms with Crippen molar-refractivity contribution in [3.8, 4) is 6.07 Å². The Hall–Kier alpha value is -1.53. The monoisotopic (exact) mass is 399 g/mol. The second-order valence-corrected chi connectivity index (χ2v) is 5.76. The number of nitrogens with zero attached hydrogens (tertiary/aromatic N) is 1. The van der Waals surface area contributed by atoms with Crippen molar-refractivity contribution in [1.29, 1.82) is 5.26 Å². The van der Waals surface area contributed by atoms with E-state index >= 15 is 0 Å².